The Labute approximate surface area is 104 Å². The lowest BCUT2D eigenvalue weighted by Crippen LogP contribution is -2.34. The SMILES string of the molecule is CCCC(C)(C=O)CN1Cc2ccccc2C1. The Morgan fingerprint density at radius 3 is 2.35 bits per heavy atom. The van der Waals surface area contributed by atoms with Gasteiger partial charge in [0.15, 0.2) is 0 Å². The minimum Gasteiger partial charge on any atom is -0.303 e. The molecule has 0 saturated heterocycles. The number of benzene rings is 1. The zero-order chi connectivity index (χ0) is 12.3. The molecule has 1 unspecified atom stereocenters. The maximum atomic E-state index is 11.3. The third kappa shape index (κ3) is 2.75. The molecule has 0 aromatic heterocycles. The standard InChI is InChI=1S/C15H21NO/c1-3-8-15(2,12-17)11-16-9-13-6-4-5-7-14(13)10-16/h4-7,12H,3,8-11H2,1-2H3. The fraction of sp³-hybridized carbons (Fsp3) is 0.533. The van der Waals surface area contributed by atoms with Gasteiger partial charge in [0.25, 0.3) is 0 Å². The molecule has 2 nitrogen and oxygen atoms in total. The highest BCUT2D eigenvalue weighted by Crippen LogP contribution is 2.28. The van der Waals surface area contributed by atoms with Gasteiger partial charge in [-0.2, -0.15) is 0 Å². The smallest absolute Gasteiger partial charge is 0.127 e. The quantitative estimate of drug-likeness (QED) is 0.726. The van der Waals surface area contributed by atoms with Gasteiger partial charge in [-0.3, -0.25) is 4.90 Å². The number of nitrogens with zero attached hydrogens (tertiary/aromatic N) is 1. The van der Waals surface area contributed by atoms with E-state index >= 15 is 0 Å². The molecule has 1 atom stereocenters. The first kappa shape index (κ1) is 12.3. The Morgan fingerprint density at radius 2 is 1.88 bits per heavy atom. The summed E-state index contributed by atoms with van der Waals surface area (Å²) < 4.78 is 0. The lowest BCUT2D eigenvalue weighted by Gasteiger charge is -2.28. The molecule has 0 bridgehead atoms. The molecule has 0 radical (unpaired) electrons. The van der Waals surface area contributed by atoms with Gasteiger partial charge in [0.2, 0.25) is 0 Å². The number of fused-ring (bicyclic) bond motifs is 1. The second-order valence-electron chi connectivity index (χ2n) is 5.44. The molecule has 0 saturated carbocycles. The fourth-order valence-electron chi connectivity index (χ4n) is 2.77. The van der Waals surface area contributed by atoms with Crippen LogP contribution in [0, 0.1) is 5.41 Å². The zero-order valence-corrected chi connectivity index (χ0v) is 10.8. The fourth-order valence-corrected chi connectivity index (χ4v) is 2.77. The van der Waals surface area contributed by atoms with E-state index in [9.17, 15) is 4.79 Å². The van der Waals surface area contributed by atoms with Gasteiger partial charge >= 0.3 is 0 Å². The van der Waals surface area contributed by atoms with E-state index in [0.29, 0.717) is 0 Å². The predicted octanol–water partition coefficient (Wildman–Crippen LogP) is 3.01. The molecule has 2 rings (SSSR count). The lowest BCUT2D eigenvalue weighted by atomic mass is 9.87. The van der Waals surface area contributed by atoms with Gasteiger partial charge in [0, 0.05) is 25.0 Å². The minimum atomic E-state index is -0.184. The summed E-state index contributed by atoms with van der Waals surface area (Å²) in [6, 6.07) is 8.56. The molecule has 17 heavy (non-hydrogen) atoms. The normalized spacial score (nSPS) is 18.7. The molecule has 0 N–H and O–H groups in total. The molecule has 92 valence electrons. The van der Waals surface area contributed by atoms with Gasteiger partial charge in [-0.05, 0) is 17.5 Å². The summed E-state index contributed by atoms with van der Waals surface area (Å²) in [6.45, 7) is 7.07. The number of hydrogen-bond donors (Lipinski definition) is 0. The molecular weight excluding hydrogens is 210 g/mol. The van der Waals surface area contributed by atoms with Crippen LogP contribution in [-0.2, 0) is 17.9 Å². The van der Waals surface area contributed by atoms with E-state index in [0.717, 1.165) is 38.8 Å². The Kier molecular flexibility index (Phi) is 3.63. The highest BCUT2D eigenvalue weighted by atomic mass is 16.1. The Bertz CT molecular complexity index is 377. The van der Waals surface area contributed by atoms with Crippen molar-refractivity contribution in [3.63, 3.8) is 0 Å². The predicted molar refractivity (Wildman–Crippen MR) is 69.6 cm³/mol. The summed E-state index contributed by atoms with van der Waals surface area (Å²) in [7, 11) is 0. The van der Waals surface area contributed by atoms with Crippen LogP contribution in [-0.4, -0.2) is 17.7 Å². The summed E-state index contributed by atoms with van der Waals surface area (Å²) >= 11 is 0. The summed E-state index contributed by atoms with van der Waals surface area (Å²) in [4.78, 5) is 13.6. The van der Waals surface area contributed by atoms with E-state index < -0.39 is 0 Å². The molecule has 1 aliphatic heterocycles. The van der Waals surface area contributed by atoms with Crippen molar-refractivity contribution < 1.29 is 4.79 Å². The lowest BCUT2D eigenvalue weighted by molar-refractivity contribution is -0.116. The topological polar surface area (TPSA) is 20.3 Å². The molecule has 0 amide bonds. The van der Waals surface area contributed by atoms with Gasteiger partial charge in [0.1, 0.15) is 6.29 Å². The molecule has 1 heterocycles. The summed E-state index contributed by atoms with van der Waals surface area (Å²) in [6.07, 6.45) is 3.18. The molecular formula is C15H21NO. The Balaban J connectivity index is 2.01. The van der Waals surface area contributed by atoms with Gasteiger partial charge in [-0.1, -0.05) is 44.5 Å². The molecule has 1 aromatic carbocycles. The van der Waals surface area contributed by atoms with E-state index in [4.69, 9.17) is 0 Å². The minimum absolute atomic E-state index is 0.184. The summed E-state index contributed by atoms with van der Waals surface area (Å²) in [5, 5.41) is 0. The van der Waals surface area contributed by atoms with Crippen LogP contribution in [0.2, 0.25) is 0 Å². The number of aldehydes is 1. The van der Waals surface area contributed by atoms with Crippen molar-refractivity contribution >= 4 is 6.29 Å². The van der Waals surface area contributed by atoms with Crippen LogP contribution in [0.4, 0.5) is 0 Å². The Hall–Kier alpha value is -1.15. The van der Waals surface area contributed by atoms with E-state index in [-0.39, 0.29) is 5.41 Å². The van der Waals surface area contributed by atoms with E-state index in [2.05, 4.69) is 43.0 Å². The second kappa shape index (κ2) is 5.01. The van der Waals surface area contributed by atoms with E-state index in [1.165, 1.54) is 11.1 Å². The molecule has 0 fully saturated rings. The average Bonchev–Trinajstić information content (AvgIpc) is 2.71. The van der Waals surface area contributed by atoms with Crippen molar-refractivity contribution in [1.29, 1.82) is 0 Å². The van der Waals surface area contributed by atoms with Crippen molar-refractivity contribution in [2.75, 3.05) is 6.54 Å². The first-order valence-corrected chi connectivity index (χ1v) is 6.42. The van der Waals surface area contributed by atoms with Crippen LogP contribution in [0.25, 0.3) is 0 Å². The van der Waals surface area contributed by atoms with Crippen LogP contribution in [0.15, 0.2) is 24.3 Å². The van der Waals surface area contributed by atoms with Crippen molar-refractivity contribution in [1.82, 2.24) is 4.90 Å². The number of carbonyl (C=O) groups excluding carboxylic acids is 1. The van der Waals surface area contributed by atoms with Gasteiger partial charge < -0.3 is 4.79 Å². The van der Waals surface area contributed by atoms with Crippen LogP contribution < -0.4 is 0 Å². The van der Waals surface area contributed by atoms with Crippen molar-refractivity contribution in [2.24, 2.45) is 5.41 Å². The maximum absolute atomic E-state index is 11.3. The third-order valence-electron chi connectivity index (χ3n) is 3.60. The van der Waals surface area contributed by atoms with Gasteiger partial charge in [0.05, 0.1) is 0 Å². The number of hydrogen-bond acceptors (Lipinski definition) is 2. The van der Waals surface area contributed by atoms with Crippen molar-refractivity contribution in [3.8, 4) is 0 Å². The number of rotatable bonds is 5. The van der Waals surface area contributed by atoms with Crippen molar-refractivity contribution in [3.05, 3.63) is 35.4 Å². The average molecular weight is 231 g/mol. The zero-order valence-electron chi connectivity index (χ0n) is 10.8. The molecule has 1 aliphatic rings. The van der Waals surface area contributed by atoms with Crippen LogP contribution in [0.1, 0.15) is 37.8 Å². The van der Waals surface area contributed by atoms with Crippen molar-refractivity contribution in [2.45, 2.75) is 39.8 Å². The molecule has 1 aromatic rings. The highest BCUT2D eigenvalue weighted by Gasteiger charge is 2.28. The van der Waals surface area contributed by atoms with Crippen LogP contribution >= 0.6 is 0 Å². The first-order chi connectivity index (χ1) is 8.17. The molecule has 2 heteroatoms. The van der Waals surface area contributed by atoms with Gasteiger partial charge in [-0.25, -0.2) is 0 Å². The Morgan fingerprint density at radius 1 is 1.29 bits per heavy atom. The first-order valence-electron chi connectivity index (χ1n) is 6.42. The highest BCUT2D eigenvalue weighted by molar-refractivity contribution is 5.59. The van der Waals surface area contributed by atoms with Gasteiger partial charge in [-0.15, -0.1) is 0 Å². The largest absolute Gasteiger partial charge is 0.303 e. The van der Waals surface area contributed by atoms with Crippen LogP contribution in [0.3, 0.4) is 0 Å². The monoisotopic (exact) mass is 231 g/mol. The van der Waals surface area contributed by atoms with E-state index in [1.807, 2.05) is 0 Å². The summed E-state index contributed by atoms with van der Waals surface area (Å²) in [5.74, 6) is 0. The maximum Gasteiger partial charge on any atom is 0.127 e. The molecule has 0 spiro atoms. The number of carbonyl (C=O) groups is 1. The molecule has 0 aliphatic carbocycles. The summed E-state index contributed by atoms with van der Waals surface area (Å²) in [5.41, 5.74) is 2.64. The van der Waals surface area contributed by atoms with Crippen LogP contribution in [0.5, 0.6) is 0 Å². The van der Waals surface area contributed by atoms with E-state index in [1.54, 1.807) is 0 Å². The second-order valence-corrected chi connectivity index (χ2v) is 5.44. The third-order valence-corrected chi connectivity index (χ3v) is 3.60.